The molecule has 3 aromatic rings. The zero-order chi connectivity index (χ0) is 25.1. The van der Waals surface area contributed by atoms with Crippen molar-refractivity contribution in [1.82, 2.24) is 19.8 Å². The van der Waals surface area contributed by atoms with E-state index in [1.54, 1.807) is 12.1 Å². The molecule has 7 nitrogen and oxygen atoms in total. The molecule has 0 saturated carbocycles. The number of hydrogen-bond donors (Lipinski definition) is 2. The number of anilines is 1. The molecule has 36 heavy (non-hydrogen) atoms. The van der Waals surface area contributed by atoms with Gasteiger partial charge in [0.05, 0.1) is 23.3 Å². The maximum Gasteiger partial charge on any atom is 0.207 e. The Morgan fingerprint density at radius 3 is 2.78 bits per heavy atom. The molecule has 2 saturated heterocycles. The number of piperidine rings is 1. The van der Waals surface area contributed by atoms with E-state index in [0.717, 1.165) is 55.8 Å². The largest absolute Gasteiger partial charge is 0.343 e. The molecular weight excluding hydrogens is 455 g/mol. The molecule has 2 N–H and O–H groups in total. The van der Waals surface area contributed by atoms with Crippen molar-refractivity contribution in [1.29, 1.82) is 5.26 Å². The van der Waals surface area contributed by atoms with Crippen molar-refractivity contribution < 1.29 is 9.13 Å². The van der Waals surface area contributed by atoms with Gasteiger partial charge < -0.3 is 15.4 Å². The highest BCUT2D eigenvalue weighted by Gasteiger charge is 2.38. The first-order chi connectivity index (χ1) is 17.6. The number of imidazole rings is 1. The summed E-state index contributed by atoms with van der Waals surface area (Å²) >= 11 is 0. The number of nitriles is 1. The fourth-order valence-electron chi connectivity index (χ4n) is 6.02. The van der Waals surface area contributed by atoms with Crippen molar-refractivity contribution in [2.45, 2.75) is 69.9 Å². The van der Waals surface area contributed by atoms with Crippen LogP contribution < -0.4 is 10.6 Å². The normalized spacial score (nSPS) is 24.4. The summed E-state index contributed by atoms with van der Waals surface area (Å²) in [7, 11) is 0. The van der Waals surface area contributed by atoms with E-state index < -0.39 is 0 Å². The third kappa shape index (κ3) is 4.96. The molecule has 2 aliphatic heterocycles. The van der Waals surface area contributed by atoms with Gasteiger partial charge in [0, 0.05) is 24.5 Å². The zero-order valence-electron chi connectivity index (χ0n) is 21.0. The predicted molar refractivity (Wildman–Crippen MR) is 139 cm³/mol. The van der Waals surface area contributed by atoms with Gasteiger partial charge in [-0.2, -0.15) is 5.26 Å². The predicted octanol–water partition coefficient (Wildman–Crippen LogP) is 4.99. The number of nitrogens with zero attached hydrogens (tertiary/aromatic N) is 4. The van der Waals surface area contributed by atoms with Gasteiger partial charge in [0.15, 0.2) is 0 Å². The first-order valence-corrected chi connectivity index (χ1v) is 13.0. The fraction of sp³-hybridized carbons (Fsp3) is 0.500. The lowest BCUT2D eigenvalue weighted by Gasteiger charge is -2.43. The number of ether oxygens (including phenoxy) is 1. The lowest BCUT2D eigenvalue weighted by Crippen LogP contribution is -2.56. The van der Waals surface area contributed by atoms with Gasteiger partial charge in [0.2, 0.25) is 5.95 Å². The van der Waals surface area contributed by atoms with Crippen LogP contribution in [-0.2, 0) is 4.74 Å². The number of halogens is 1. The Kier molecular flexibility index (Phi) is 7.51. The van der Waals surface area contributed by atoms with Gasteiger partial charge in [-0.3, -0.25) is 9.47 Å². The molecule has 2 aliphatic rings. The second-order valence-corrected chi connectivity index (χ2v) is 9.92. The van der Waals surface area contributed by atoms with E-state index in [1.165, 1.54) is 5.56 Å². The van der Waals surface area contributed by atoms with Crippen molar-refractivity contribution in [2.75, 3.05) is 25.0 Å². The number of aromatic nitrogens is 2. The minimum atomic E-state index is -0.326. The molecule has 2 fully saturated rings. The van der Waals surface area contributed by atoms with Gasteiger partial charge in [-0.05, 0) is 75.9 Å². The van der Waals surface area contributed by atoms with Gasteiger partial charge in [0.1, 0.15) is 18.7 Å². The molecule has 5 atom stereocenters. The maximum atomic E-state index is 13.5. The Hall–Kier alpha value is -2.99. The molecule has 5 unspecified atom stereocenters. The average Bonchev–Trinajstić information content (AvgIpc) is 3.52. The van der Waals surface area contributed by atoms with E-state index in [9.17, 15) is 4.39 Å². The Labute approximate surface area is 212 Å². The van der Waals surface area contributed by atoms with Crippen molar-refractivity contribution in [3.63, 3.8) is 0 Å². The monoisotopic (exact) mass is 490 g/mol. The molecular formula is C28H35FN6O. The molecule has 1 aromatic heterocycles. The molecule has 0 aliphatic carbocycles. The molecule has 0 spiro atoms. The number of rotatable bonds is 8. The van der Waals surface area contributed by atoms with E-state index in [1.807, 2.05) is 43.3 Å². The molecule has 0 radical (unpaired) electrons. The number of hydrogen-bond acceptors (Lipinski definition) is 6. The lowest BCUT2D eigenvalue weighted by molar-refractivity contribution is 0.0409. The topological polar surface area (TPSA) is 78.1 Å². The molecule has 8 heteroatoms. The van der Waals surface area contributed by atoms with Gasteiger partial charge in [-0.15, -0.1) is 0 Å². The van der Waals surface area contributed by atoms with Crippen LogP contribution in [0, 0.1) is 17.1 Å². The molecule has 2 aromatic carbocycles. The van der Waals surface area contributed by atoms with Gasteiger partial charge >= 0.3 is 0 Å². The third-order valence-electron chi connectivity index (χ3n) is 7.80. The van der Waals surface area contributed by atoms with Crippen molar-refractivity contribution >= 4 is 17.0 Å². The molecule has 190 valence electrons. The maximum absolute atomic E-state index is 13.5. The van der Waals surface area contributed by atoms with Crippen LogP contribution in [-0.4, -0.2) is 52.4 Å². The second-order valence-electron chi connectivity index (χ2n) is 9.92. The van der Waals surface area contributed by atoms with Crippen LogP contribution in [0.3, 0.4) is 0 Å². The summed E-state index contributed by atoms with van der Waals surface area (Å²) in [6, 6.07) is 17.7. The average molecular weight is 491 g/mol. The third-order valence-corrected chi connectivity index (χ3v) is 7.80. The van der Waals surface area contributed by atoms with E-state index in [4.69, 9.17) is 15.0 Å². The van der Waals surface area contributed by atoms with Gasteiger partial charge in [-0.25, -0.2) is 9.37 Å². The lowest BCUT2D eigenvalue weighted by atomic mass is 9.87. The van der Waals surface area contributed by atoms with Crippen LogP contribution >= 0.6 is 0 Å². The number of likely N-dealkylation sites (tertiary alicyclic amines) is 1. The minimum Gasteiger partial charge on any atom is -0.343 e. The fourth-order valence-corrected chi connectivity index (χ4v) is 6.02. The van der Waals surface area contributed by atoms with E-state index in [-0.39, 0.29) is 36.9 Å². The summed E-state index contributed by atoms with van der Waals surface area (Å²) in [4.78, 5) is 7.47. The molecule has 0 amide bonds. The zero-order valence-corrected chi connectivity index (χ0v) is 21.0. The molecule has 3 heterocycles. The first-order valence-electron chi connectivity index (χ1n) is 13.0. The second kappa shape index (κ2) is 11.0. The summed E-state index contributed by atoms with van der Waals surface area (Å²) in [6.07, 6.45) is 4.19. The summed E-state index contributed by atoms with van der Waals surface area (Å²) in [5.41, 5.74) is 3.08. The van der Waals surface area contributed by atoms with Crippen LogP contribution in [0.1, 0.15) is 57.2 Å². The van der Waals surface area contributed by atoms with Crippen LogP contribution in [0.25, 0.3) is 11.0 Å². The van der Waals surface area contributed by atoms with Crippen LogP contribution in [0.4, 0.5) is 10.3 Å². The Balaban J connectivity index is 1.40. The quantitative estimate of drug-likeness (QED) is 0.463. The SMILES string of the molecule is CC(C1NCCC1c1ccc(F)cc1)N1CCCCC1Nc1nc2ccccc2n1C(C)OCC#N. The van der Waals surface area contributed by atoms with Crippen LogP contribution in [0.5, 0.6) is 0 Å². The van der Waals surface area contributed by atoms with Crippen molar-refractivity contribution in [2.24, 2.45) is 0 Å². The summed E-state index contributed by atoms with van der Waals surface area (Å²) in [5.74, 6) is 0.929. The minimum absolute atomic E-state index is 0.0256. The van der Waals surface area contributed by atoms with E-state index in [0.29, 0.717) is 5.92 Å². The number of nitrogens with one attached hydrogen (secondary N) is 2. The van der Waals surface area contributed by atoms with Gasteiger partial charge in [0.25, 0.3) is 0 Å². The number of para-hydroxylation sites is 2. The number of fused-ring (bicyclic) bond motifs is 1. The molecule has 0 bridgehead atoms. The first kappa shape index (κ1) is 24.7. The summed E-state index contributed by atoms with van der Waals surface area (Å²) in [6.45, 7) is 6.26. The Morgan fingerprint density at radius 1 is 1.17 bits per heavy atom. The van der Waals surface area contributed by atoms with E-state index >= 15 is 0 Å². The highest BCUT2D eigenvalue weighted by Crippen LogP contribution is 2.34. The highest BCUT2D eigenvalue weighted by atomic mass is 19.1. The highest BCUT2D eigenvalue weighted by molar-refractivity contribution is 5.78. The molecule has 5 rings (SSSR count). The Morgan fingerprint density at radius 2 is 1.97 bits per heavy atom. The van der Waals surface area contributed by atoms with E-state index in [2.05, 4.69) is 33.1 Å². The summed E-state index contributed by atoms with van der Waals surface area (Å²) in [5, 5.41) is 16.5. The van der Waals surface area contributed by atoms with Crippen molar-refractivity contribution in [3.05, 3.63) is 59.9 Å². The number of benzene rings is 2. The van der Waals surface area contributed by atoms with Crippen LogP contribution in [0.2, 0.25) is 0 Å². The van der Waals surface area contributed by atoms with Crippen LogP contribution in [0.15, 0.2) is 48.5 Å². The Bertz CT molecular complexity index is 1200. The smallest absolute Gasteiger partial charge is 0.207 e. The summed E-state index contributed by atoms with van der Waals surface area (Å²) < 4.78 is 21.4. The van der Waals surface area contributed by atoms with Gasteiger partial charge in [-0.1, -0.05) is 24.3 Å². The standard InChI is InChI=1S/C28H35FN6O/c1-19(27-23(14-16-31-27)21-10-12-22(29)13-11-21)34-17-6-5-9-26(34)33-28-32-24-7-3-4-8-25(24)35(28)20(2)36-18-15-30/h3-4,7-8,10-13,19-20,23,26-27,31H,5-6,9,14,16-18H2,1-2H3,(H,32,33). The van der Waals surface area contributed by atoms with Crippen molar-refractivity contribution in [3.8, 4) is 6.07 Å².